The Morgan fingerprint density at radius 3 is 2.10 bits per heavy atom. The highest BCUT2D eigenvalue weighted by atomic mass is 16.5. The molecule has 0 radical (unpaired) electrons. The molecule has 224 valence electrons. The van der Waals surface area contributed by atoms with Crippen LogP contribution in [0.25, 0.3) is 0 Å². The maximum atomic E-state index is 14.4. The molecule has 2 heterocycles. The summed E-state index contributed by atoms with van der Waals surface area (Å²) in [6.45, 7) is 16.8. The molecule has 4 rings (SSSR count). The third-order valence-corrected chi connectivity index (χ3v) is 8.30. The number of aliphatic carboxylic acids is 1. The molecule has 1 saturated heterocycles. The third kappa shape index (κ3) is 6.36. The number of hydrogen-bond acceptors (Lipinski definition) is 5. The van der Waals surface area contributed by atoms with E-state index in [9.17, 15) is 14.7 Å². The van der Waals surface area contributed by atoms with Crippen molar-refractivity contribution in [3.8, 4) is 5.75 Å². The van der Waals surface area contributed by atoms with Crippen molar-refractivity contribution in [2.24, 2.45) is 11.3 Å². The number of carbonyl (C=O) groups excluding carboxylic acids is 1. The lowest BCUT2D eigenvalue weighted by atomic mass is 9.72. The highest BCUT2D eigenvalue weighted by Crippen LogP contribution is 2.49. The Morgan fingerprint density at radius 2 is 1.57 bits per heavy atom. The molecule has 1 aliphatic rings. The van der Waals surface area contributed by atoms with E-state index in [1.165, 1.54) is 5.56 Å². The van der Waals surface area contributed by atoms with Crippen LogP contribution < -0.4 is 10.1 Å². The van der Waals surface area contributed by atoms with Gasteiger partial charge in [0, 0.05) is 41.0 Å². The number of carbonyl (C=O) groups is 2. The predicted octanol–water partition coefficient (Wildman–Crippen LogP) is 6.48. The first kappa shape index (κ1) is 31.2. The fourth-order valence-corrected chi connectivity index (χ4v) is 6.42. The van der Waals surface area contributed by atoms with E-state index in [-0.39, 0.29) is 17.4 Å². The Labute approximate surface area is 250 Å². The number of carboxylic acid groups (broad SMARTS) is 1. The zero-order chi connectivity index (χ0) is 31.0. The van der Waals surface area contributed by atoms with Gasteiger partial charge < -0.3 is 20.1 Å². The second-order valence-corrected chi connectivity index (χ2v) is 13.6. The summed E-state index contributed by atoms with van der Waals surface area (Å²) in [5, 5.41) is 14.5. The zero-order valence-electron chi connectivity index (χ0n) is 26.4. The number of hydrogen-bond donors (Lipinski definition) is 2. The monoisotopic (exact) mass is 571 g/mol. The molecular weight excluding hydrogens is 526 g/mol. The number of methoxy groups -OCH3 is 1. The van der Waals surface area contributed by atoms with Crippen molar-refractivity contribution in [1.82, 2.24) is 15.2 Å². The Morgan fingerprint density at radius 1 is 0.952 bits per heavy atom. The maximum absolute atomic E-state index is 14.4. The second-order valence-electron chi connectivity index (χ2n) is 13.6. The van der Waals surface area contributed by atoms with Crippen LogP contribution in [0.15, 0.2) is 60.7 Å². The predicted molar refractivity (Wildman–Crippen MR) is 166 cm³/mol. The summed E-state index contributed by atoms with van der Waals surface area (Å²) in [6.07, 6.45) is 0. The Kier molecular flexibility index (Phi) is 8.84. The molecule has 2 aromatic carbocycles. The van der Waals surface area contributed by atoms with Crippen LogP contribution in [0, 0.1) is 25.2 Å². The Bertz CT molecular complexity index is 1420. The lowest BCUT2D eigenvalue weighted by Crippen LogP contribution is -2.48. The number of pyridine rings is 1. The van der Waals surface area contributed by atoms with E-state index in [1.807, 2.05) is 50.2 Å². The summed E-state index contributed by atoms with van der Waals surface area (Å²) in [7, 11) is 1.66. The Hall–Kier alpha value is -3.71. The van der Waals surface area contributed by atoms with Gasteiger partial charge in [0.2, 0.25) is 0 Å². The van der Waals surface area contributed by atoms with E-state index in [1.54, 1.807) is 24.1 Å². The highest BCUT2D eigenvalue weighted by Gasteiger charge is 2.58. The van der Waals surface area contributed by atoms with Gasteiger partial charge in [-0.15, -0.1) is 0 Å². The SMILES string of the molecule is COc1ccc(C(C)(C)C)cc1CN[C@H]1[C@H](C(C)(C)C)[C@@H](C(=O)O)N(C(=O)c2cc(C)nc(C)c2)[C@H]1c1ccccc1. The third-order valence-electron chi connectivity index (χ3n) is 8.30. The molecule has 0 spiro atoms. The van der Waals surface area contributed by atoms with E-state index >= 15 is 0 Å². The number of benzene rings is 2. The highest BCUT2D eigenvalue weighted by molar-refractivity contribution is 5.98. The normalized spacial score (nSPS) is 20.9. The fraction of sp³-hybridized carbons (Fsp3) is 0.457. The summed E-state index contributed by atoms with van der Waals surface area (Å²) in [5.41, 5.74) is 4.45. The standard InChI is InChI=1S/C35H45N3O4/c1-21-17-24(18-22(2)37-21)32(39)38-30(23-13-11-10-12-14-23)29(28(35(6,7)8)31(38)33(40)41)36-20-25-19-26(34(3,4)5)15-16-27(25)42-9/h10-19,28-31,36H,20H2,1-9H3,(H,40,41)/t28-,29-,30-,31-/m0/s1. The summed E-state index contributed by atoms with van der Waals surface area (Å²) in [5.74, 6) is -0.952. The molecule has 1 amide bonds. The summed E-state index contributed by atoms with van der Waals surface area (Å²) in [6, 6.07) is 17.6. The van der Waals surface area contributed by atoms with Crippen molar-refractivity contribution in [2.75, 3.05) is 7.11 Å². The first-order chi connectivity index (χ1) is 19.6. The second kappa shape index (κ2) is 11.9. The number of amides is 1. The first-order valence-electron chi connectivity index (χ1n) is 14.6. The molecule has 0 bridgehead atoms. The van der Waals surface area contributed by atoms with Gasteiger partial charge in [0.05, 0.1) is 13.2 Å². The largest absolute Gasteiger partial charge is 0.496 e. The molecule has 1 aromatic heterocycles. The van der Waals surface area contributed by atoms with Crippen LogP contribution in [-0.2, 0) is 16.8 Å². The molecule has 7 heteroatoms. The number of likely N-dealkylation sites (tertiary alicyclic amines) is 1. The number of ether oxygens (including phenoxy) is 1. The number of aromatic nitrogens is 1. The number of aryl methyl sites for hydroxylation is 2. The van der Waals surface area contributed by atoms with E-state index < -0.39 is 29.4 Å². The van der Waals surface area contributed by atoms with Gasteiger partial charge in [0.25, 0.3) is 5.91 Å². The molecule has 0 aliphatic carbocycles. The van der Waals surface area contributed by atoms with E-state index in [0.29, 0.717) is 23.5 Å². The van der Waals surface area contributed by atoms with Crippen LogP contribution in [0.3, 0.4) is 0 Å². The van der Waals surface area contributed by atoms with Crippen LogP contribution in [0.2, 0.25) is 0 Å². The van der Waals surface area contributed by atoms with Gasteiger partial charge in [-0.05, 0) is 54.0 Å². The Balaban J connectivity index is 1.87. The molecule has 7 nitrogen and oxygen atoms in total. The van der Waals surface area contributed by atoms with Gasteiger partial charge in [0.1, 0.15) is 11.8 Å². The van der Waals surface area contributed by atoms with Gasteiger partial charge in [-0.3, -0.25) is 9.78 Å². The van der Waals surface area contributed by atoms with Crippen LogP contribution in [0.5, 0.6) is 5.75 Å². The van der Waals surface area contributed by atoms with E-state index in [4.69, 9.17) is 4.74 Å². The molecule has 4 atom stereocenters. The first-order valence-corrected chi connectivity index (χ1v) is 14.6. The average Bonchev–Trinajstić information content (AvgIpc) is 3.26. The van der Waals surface area contributed by atoms with Crippen molar-refractivity contribution in [3.63, 3.8) is 0 Å². The van der Waals surface area contributed by atoms with Gasteiger partial charge in [-0.2, -0.15) is 0 Å². The van der Waals surface area contributed by atoms with Gasteiger partial charge in [-0.25, -0.2) is 4.79 Å². The van der Waals surface area contributed by atoms with Crippen molar-refractivity contribution < 1.29 is 19.4 Å². The van der Waals surface area contributed by atoms with Crippen molar-refractivity contribution >= 4 is 11.9 Å². The lowest BCUT2D eigenvalue weighted by molar-refractivity contribution is -0.144. The van der Waals surface area contributed by atoms with Crippen LogP contribution >= 0.6 is 0 Å². The van der Waals surface area contributed by atoms with Crippen LogP contribution in [0.4, 0.5) is 0 Å². The van der Waals surface area contributed by atoms with Gasteiger partial charge in [0.15, 0.2) is 0 Å². The molecule has 2 N–H and O–H groups in total. The number of rotatable bonds is 7. The minimum Gasteiger partial charge on any atom is -0.496 e. The van der Waals surface area contributed by atoms with Crippen molar-refractivity contribution in [1.29, 1.82) is 0 Å². The van der Waals surface area contributed by atoms with Gasteiger partial charge >= 0.3 is 5.97 Å². The van der Waals surface area contributed by atoms with Crippen LogP contribution in [0.1, 0.15) is 86.0 Å². The zero-order valence-corrected chi connectivity index (χ0v) is 26.4. The molecule has 0 unspecified atom stereocenters. The van der Waals surface area contributed by atoms with Gasteiger partial charge in [-0.1, -0.05) is 84.0 Å². The van der Waals surface area contributed by atoms with Crippen molar-refractivity contribution in [3.05, 3.63) is 94.3 Å². The summed E-state index contributed by atoms with van der Waals surface area (Å²) in [4.78, 5) is 33.6. The molecular formula is C35H45N3O4. The number of nitrogens with one attached hydrogen (secondary N) is 1. The quantitative estimate of drug-likeness (QED) is 0.338. The smallest absolute Gasteiger partial charge is 0.326 e. The number of nitrogens with zero attached hydrogens (tertiary/aromatic N) is 2. The van der Waals surface area contributed by atoms with Crippen LogP contribution in [-0.4, -0.2) is 46.1 Å². The van der Waals surface area contributed by atoms with E-state index in [0.717, 1.165) is 16.9 Å². The number of carboxylic acids is 1. The van der Waals surface area contributed by atoms with Crippen molar-refractivity contribution in [2.45, 2.75) is 85.5 Å². The molecule has 0 saturated carbocycles. The molecule has 42 heavy (non-hydrogen) atoms. The molecule has 1 fully saturated rings. The average molecular weight is 572 g/mol. The summed E-state index contributed by atoms with van der Waals surface area (Å²) >= 11 is 0. The molecule has 1 aliphatic heterocycles. The summed E-state index contributed by atoms with van der Waals surface area (Å²) < 4.78 is 5.73. The fourth-order valence-electron chi connectivity index (χ4n) is 6.42. The van der Waals surface area contributed by atoms with E-state index in [2.05, 4.69) is 64.0 Å². The lowest BCUT2D eigenvalue weighted by Gasteiger charge is -2.35. The topological polar surface area (TPSA) is 91.8 Å². The maximum Gasteiger partial charge on any atom is 0.326 e. The molecule has 3 aromatic rings. The minimum absolute atomic E-state index is 0.0483. The minimum atomic E-state index is -1.04.